The van der Waals surface area contributed by atoms with Gasteiger partial charge in [-0.05, 0) is 31.0 Å². The molecule has 0 saturated carbocycles. The largest absolute Gasteiger partial charge is 0.392 e. The normalized spacial score (nSPS) is 20.6. The third-order valence-electron chi connectivity index (χ3n) is 3.01. The SMILES string of the molecule is NC(=S)C1CCCN1S(=O)(=O)c1ccc(Br)cc1Cl. The summed E-state index contributed by atoms with van der Waals surface area (Å²) in [6.07, 6.45) is 1.40. The van der Waals surface area contributed by atoms with Gasteiger partial charge in [-0.3, -0.25) is 0 Å². The Bertz CT molecular complexity index is 621. The highest BCUT2D eigenvalue weighted by Crippen LogP contribution is 2.31. The van der Waals surface area contributed by atoms with Gasteiger partial charge in [0, 0.05) is 11.0 Å². The lowest BCUT2D eigenvalue weighted by molar-refractivity contribution is 0.446. The van der Waals surface area contributed by atoms with Gasteiger partial charge in [-0.15, -0.1) is 0 Å². The average Bonchev–Trinajstić information content (AvgIpc) is 2.77. The van der Waals surface area contributed by atoms with Crippen LogP contribution in [0.4, 0.5) is 0 Å². The van der Waals surface area contributed by atoms with Crippen molar-refractivity contribution in [3.05, 3.63) is 27.7 Å². The summed E-state index contributed by atoms with van der Waals surface area (Å²) in [6, 6.07) is 4.27. The van der Waals surface area contributed by atoms with Crippen molar-refractivity contribution in [1.29, 1.82) is 0 Å². The Morgan fingerprint density at radius 3 is 2.79 bits per heavy atom. The van der Waals surface area contributed by atoms with Crippen LogP contribution >= 0.6 is 39.7 Å². The van der Waals surface area contributed by atoms with Gasteiger partial charge in [0.05, 0.1) is 16.1 Å². The van der Waals surface area contributed by atoms with E-state index in [1.807, 2.05) is 0 Å². The van der Waals surface area contributed by atoms with E-state index >= 15 is 0 Å². The van der Waals surface area contributed by atoms with E-state index < -0.39 is 16.1 Å². The zero-order valence-corrected chi connectivity index (χ0v) is 13.8. The first kappa shape index (κ1) is 15.2. The van der Waals surface area contributed by atoms with Gasteiger partial charge in [-0.25, -0.2) is 8.42 Å². The molecule has 1 unspecified atom stereocenters. The molecule has 1 fully saturated rings. The number of halogens is 2. The van der Waals surface area contributed by atoms with E-state index in [0.717, 1.165) is 10.9 Å². The summed E-state index contributed by atoms with van der Waals surface area (Å²) in [5, 5.41) is 0.183. The van der Waals surface area contributed by atoms with Crippen LogP contribution in [0.2, 0.25) is 5.02 Å². The number of nitrogens with zero attached hydrogens (tertiary/aromatic N) is 1. The van der Waals surface area contributed by atoms with Crippen LogP contribution in [0.25, 0.3) is 0 Å². The van der Waals surface area contributed by atoms with E-state index in [9.17, 15) is 8.42 Å². The highest BCUT2D eigenvalue weighted by atomic mass is 79.9. The van der Waals surface area contributed by atoms with Crippen molar-refractivity contribution in [2.75, 3.05) is 6.54 Å². The second-order valence-corrected chi connectivity index (χ2v) is 7.90. The van der Waals surface area contributed by atoms with Crippen molar-refractivity contribution < 1.29 is 8.42 Å². The average molecular weight is 384 g/mol. The van der Waals surface area contributed by atoms with Gasteiger partial charge < -0.3 is 5.73 Å². The van der Waals surface area contributed by atoms with E-state index in [-0.39, 0.29) is 14.9 Å². The minimum atomic E-state index is -3.67. The summed E-state index contributed by atoms with van der Waals surface area (Å²) >= 11 is 14.2. The fraction of sp³-hybridized carbons (Fsp3) is 0.364. The van der Waals surface area contributed by atoms with Crippen LogP contribution in [0.5, 0.6) is 0 Å². The summed E-state index contributed by atoms with van der Waals surface area (Å²) in [5.41, 5.74) is 5.61. The molecule has 0 amide bonds. The molecular formula is C11H12BrClN2O2S2. The Hall–Kier alpha value is -0.210. The minimum Gasteiger partial charge on any atom is -0.392 e. The summed E-state index contributed by atoms with van der Waals surface area (Å²) in [4.78, 5) is 0.287. The third-order valence-corrected chi connectivity index (χ3v) is 6.17. The van der Waals surface area contributed by atoms with Crippen LogP contribution in [-0.4, -0.2) is 30.3 Å². The Morgan fingerprint density at radius 2 is 2.21 bits per heavy atom. The Labute approximate surface area is 131 Å². The molecule has 1 aliphatic rings. The molecule has 1 saturated heterocycles. The fourth-order valence-electron chi connectivity index (χ4n) is 2.12. The van der Waals surface area contributed by atoms with Crippen molar-refractivity contribution in [1.82, 2.24) is 4.31 Å². The predicted octanol–water partition coefficient (Wildman–Crippen LogP) is 2.54. The molecule has 0 radical (unpaired) electrons. The molecule has 8 heteroatoms. The first-order chi connectivity index (χ1) is 8.84. The molecule has 1 aliphatic heterocycles. The van der Waals surface area contributed by atoms with Crippen LogP contribution in [0, 0.1) is 0 Å². The molecule has 0 bridgehead atoms. The van der Waals surface area contributed by atoms with E-state index in [1.54, 1.807) is 12.1 Å². The van der Waals surface area contributed by atoms with Gasteiger partial charge in [0.1, 0.15) is 4.90 Å². The lowest BCUT2D eigenvalue weighted by Crippen LogP contribution is -2.42. The van der Waals surface area contributed by atoms with Crippen LogP contribution in [0.15, 0.2) is 27.6 Å². The van der Waals surface area contributed by atoms with Crippen LogP contribution in [-0.2, 0) is 10.0 Å². The lowest BCUT2D eigenvalue weighted by Gasteiger charge is -2.23. The lowest BCUT2D eigenvalue weighted by atomic mass is 10.2. The van der Waals surface area contributed by atoms with Crippen molar-refractivity contribution >= 4 is 54.8 Å². The molecule has 104 valence electrons. The Morgan fingerprint density at radius 1 is 1.53 bits per heavy atom. The minimum absolute atomic E-state index is 0.0838. The number of nitrogens with two attached hydrogens (primary N) is 1. The molecule has 19 heavy (non-hydrogen) atoms. The quantitative estimate of drug-likeness (QED) is 0.815. The maximum absolute atomic E-state index is 12.6. The molecule has 0 aliphatic carbocycles. The maximum atomic E-state index is 12.6. The molecule has 1 aromatic rings. The molecule has 1 aromatic carbocycles. The topological polar surface area (TPSA) is 63.4 Å². The second kappa shape index (κ2) is 5.65. The standard InChI is InChI=1S/C11H12BrClN2O2S2/c12-7-3-4-10(8(13)6-7)19(16,17)15-5-1-2-9(15)11(14)18/h3-4,6,9H,1-2,5H2,(H2,14,18). The number of rotatable bonds is 3. The maximum Gasteiger partial charge on any atom is 0.245 e. The summed E-state index contributed by atoms with van der Waals surface area (Å²) in [7, 11) is -3.67. The van der Waals surface area contributed by atoms with Gasteiger partial charge in [-0.1, -0.05) is 39.7 Å². The van der Waals surface area contributed by atoms with Gasteiger partial charge in [0.25, 0.3) is 0 Å². The van der Waals surface area contributed by atoms with Gasteiger partial charge in [-0.2, -0.15) is 4.31 Å². The van der Waals surface area contributed by atoms with E-state index in [2.05, 4.69) is 15.9 Å². The Balaban J connectivity index is 2.45. The molecule has 2 rings (SSSR count). The number of hydrogen-bond donors (Lipinski definition) is 1. The molecule has 2 N–H and O–H groups in total. The van der Waals surface area contributed by atoms with Crippen LogP contribution < -0.4 is 5.73 Å². The van der Waals surface area contributed by atoms with Crippen molar-refractivity contribution in [3.8, 4) is 0 Å². The monoisotopic (exact) mass is 382 g/mol. The highest BCUT2D eigenvalue weighted by molar-refractivity contribution is 9.10. The van der Waals surface area contributed by atoms with E-state index in [4.69, 9.17) is 29.6 Å². The first-order valence-corrected chi connectivity index (χ1v) is 8.62. The van der Waals surface area contributed by atoms with Crippen molar-refractivity contribution in [2.24, 2.45) is 5.73 Å². The summed E-state index contributed by atoms with van der Waals surface area (Å²) < 4.78 is 27.2. The third kappa shape index (κ3) is 2.95. The van der Waals surface area contributed by atoms with Crippen LogP contribution in [0.3, 0.4) is 0 Å². The molecule has 0 spiro atoms. The highest BCUT2D eigenvalue weighted by Gasteiger charge is 2.37. The second-order valence-electron chi connectivity index (χ2n) is 4.25. The fourth-order valence-corrected chi connectivity index (χ4v) is 5.12. The summed E-state index contributed by atoms with van der Waals surface area (Å²) in [5.74, 6) is 0. The van der Waals surface area contributed by atoms with Gasteiger partial charge in [0.2, 0.25) is 10.0 Å². The predicted molar refractivity (Wildman–Crippen MR) is 82.9 cm³/mol. The van der Waals surface area contributed by atoms with E-state index in [1.165, 1.54) is 10.4 Å². The number of benzene rings is 1. The van der Waals surface area contributed by atoms with Crippen molar-refractivity contribution in [2.45, 2.75) is 23.8 Å². The summed E-state index contributed by atoms with van der Waals surface area (Å²) in [6.45, 7) is 0.413. The zero-order valence-electron chi connectivity index (χ0n) is 9.84. The Kier molecular flexibility index (Phi) is 4.52. The zero-order chi connectivity index (χ0) is 14.2. The first-order valence-electron chi connectivity index (χ1n) is 5.60. The van der Waals surface area contributed by atoms with Gasteiger partial charge >= 0.3 is 0 Å². The molecular weight excluding hydrogens is 372 g/mol. The molecule has 1 atom stereocenters. The number of thiocarbonyl (C=S) groups is 1. The van der Waals surface area contributed by atoms with Gasteiger partial charge in [0.15, 0.2) is 0 Å². The smallest absolute Gasteiger partial charge is 0.245 e. The van der Waals surface area contributed by atoms with Crippen LogP contribution in [0.1, 0.15) is 12.8 Å². The number of hydrogen-bond acceptors (Lipinski definition) is 3. The molecule has 0 aromatic heterocycles. The molecule has 1 heterocycles. The molecule has 4 nitrogen and oxygen atoms in total. The van der Waals surface area contributed by atoms with E-state index in [0.29, 0.717) is 13.0 Å². The van der Waals surface area contributed by atoms with Crippen molar-refractivity contribution in [3.63, 3.8) is 0 Å². The number of sulfonamides is 1.